The number of carbonyl (C=O) groups is 2. The molecule has 8 heteroatoms. The summed E-state index contributed by atoms with van der Waals surface area (Å²) >= 11 is 1.35. The van der Waals surface area contributed by atoms with Gasteiger partial charge in [-0.1, -0.05) is 12.1 Å². The number of aromatic nitrogens is 1. The highest BCUT2D eigenvalue weighted by Gasteiger charge is 2.09. The van der Waals surface area contributed by atoms with Gasteiger partial charge in [-0.15, -0.1) is 11.3 Å². The van der Waals surface area contributed by atoms with Crippen molar-refractivity contribution < 1.29 is 18.7 Å². The number of halogens is 1. The standard InChI is InChI=1S/C21H20FN3O3S/c1-14(26)23-17-8-4-15(5-9-17)19-13-29-21(24-19)25-20(27)3-2-12-28-18-10-6-16(22)7-11-18/h4-11,13H,2-3,12H2,1H3,(H,23,26)(H,24,25,27). The van der Waals surface area contributed by atoms with Gasteiger partial charge in [0.1, 0.15) is 11.6 Å². The third-order valence-electron chi connectivity index (χ3n) is 3.88. The minimum Gasteiger partial charge on any atom is -0.494 e. The Labute approximate surface area is 171 Å². The van der Waals surface area contributed by atoms with E-state index in [1.165, 1.54) is 30.4 Å². The van der Waals surface area contributed by atoms with Gasteiger partial charge in [-0.3, -0.25) is 9.59 Å². The van der Waals surface area contributed by atoms with E-state index in [4.69, 9.17) is 4.74 Å². The maximum atomic E-state index is 12.8. The average Bonchev–Trinajstić information content (AvgIpc) is 3.15. The van der Waals surface area contributed by atoms with Crippen LogP contribution in [0.3, 0.4) is 0 Å². The van der Waals surface area contributed by atoms with Crippen molar-refractivity contribution in [2.45, 2.75) is 19.8 Å². The molecule has 3 aromatic rings. The molecule has 0 saturated heterocycles. The highest BCUT2D eigenvalue weighted by atomic mass is 32.1. The summed E-state index contributed by atoms with van der Waals surface area (Å²) in [6.07, 6.45) is 0.827. The molecule has 2 amide bonds. The lowest BCUT2D eigenvalue weighted by molar-refractivity contribution is -0.116. The van der Waals surface area contributed by atoms with Crippen LogP contribution in [0, 0.1) is 5.82 Å². The smallest absolute Gasteiger partial charge is 0.226 e. The maximum absolute atomic E-state index is 12.8. The van der Waals surface area contributed by atoms with E-state index in [9.17, 15) is 14.0 Å². The minimum absolute atomic E-state index is 0.125. The van der Waals surface area contributed by atoms with E-state index in [1.807, 2.05) is 17.5 Å². The molecule has 0 aliphatic rings. The van der Waals surface area contributed by atoms with Crippen LogP contribution in [0.25, 0.3) is 11.3 Å². The van der Waals surface area contributed by atoms with Gasteiger partial charge in [-0.05, 0) is 42.8 Å². The van der Waals surface area contributed by atoms with E-state index in [-0.39, 0.29) is 17.6 Å². The highest BCUT2D eigenvalue weighted by molar-refractivity contribution is 7.14. The van der Waals surface area contributed by atoms with Crippen molar-refractivity contribution in [2.24, 2.45) is 0 Å². The second kappa shape index (κ2) is 9.79. The average molecular weight is 413 g/mol. The summed E-state index contributed by atoms with van der Waals surface area (Å²) in [6, 6.07) is 13.1. The van der Waals surface area contributed by atoms with Crippen LogP contribution in [0.15, 0.2) is 53.9 Å². The number of carbonyl (C=O) groups excluding carboxylic acids is 2. The second-order valence-electron chi connectivity index (χ2n) is 6.25. The number of hydrogen-bond donors (Lipinski definition) is 2. The lowest BCUT2D eigenvalue weighted by Crippen LogP contribution is -2.12. The van der Waals surface area contributed by atoms with Gasteiger partial charge < -0.3 is 15.4 Å². The van der Waals surface area contributed by atoms with Gasteiger partial charge >= 0.3 is 0 Å². The zero-order valence-corrected chi connectivity index (χ0v) is 16.6. The van der Waals surface area contributed by atoms with Gasteiger partial charge in [0.15, 0.2) is 5.13 Å². The SMILES string of the molecule is CC(=O)Nc1ccc(-c2csc(NC(=O)CCCOc3ccc(F)cc3)n2)cc1. The van der Waals surface area contributed by atoms with Crippen LogP contribution in [0.5, 0.6) is 5.75 Å². The Morgan fingerprint density at radius 1 is 1.07 bits per heavy atom. The number of anilines is 2. The van der Waals surface area contributed by atoms with Crippen LogP contribution in [0.1, 0.15) is 19.8 Å². The Morgan fingerprint density at radius 3 is 2.48 bits per heavy atom. The molecule has 0 unspecified atom stereocenters. The van der Waals surface area contributed by atoms with Gasteiger partial charge in [0.25, 0.3) is 0 Å². The Kier molecular flexibility index (Phi) is 6.91. The summed E-state index contributed by atoms with van der Waals surface area (Å²) in [4.78, 5) is 27.6. The molecule has 1 heterocycles. The van der Waals surface area contributed by atoms with E-state index in [1.54, 1.807) is 24.3 Å². The summed E-state index contributed by atoms with van der Waals surface area (Å²) in [5.41, 5.74) is 2.36. The van der Waals surface area contributed by atoms with E-state index in [0.29, 0.717) is 36.0 Å². The Bertz CT molecular complexity index is 972. The number of amides is 2. The molecule has 0 spiro atoms. The lowest BCUT2D eigenvalue weighted by atomic mass is 10.1. The van der Waals surface area contributed by atoms with Gasteiger partial charge in [0.05, 0.1) is 12.3 Å². The number of ether oxygens (including phenoxy) is 1. The first-order valence-electron chi connectivity index (χ1n) is 9.01. The van der Waals surface area contributed by atoms with Crippen molar-refractivity contribution in [3.05, 3.63) is 59.7 Å². The number of nitrogens with one attached hydrogen (secondary N) is 2. The molecule has 0 radical (unpaired) electrons. The summed E-state index contributed by atoms with van der Waals surface area (Å²) in [5.74, 6) is -0.0156. The molecule has 0 aliphatic carbocycles. The number of nitrogens with zero attached hydrogens (tertiary/aromatic N) is 1. The van der Waals surface area contributed by atoms with Crippen molar-refractivity contribution in [1.82, 2.24) is 4.98 Å². The van der Waals surface area contributed by atoms with Crippen LogP contribution in [0.4, 0.5) is 15.2 Å². The topological polar surface area (TPSA) is 80.3 Å². The quantitative estimate of drug-likeness (QED) is 0.525. The minimum atomic E-state index is -0.316. The number of hydrogen-bond acceptors (Lipinski definition) is 5. The molecule has 150 valence electrons. The van der Waals surface area contributed by atoms with Gasteiger partial charge in [-0.2, -0.15) is 0 Å². The van der Waals surface area contributed by atoms with Crippen LogP contribution >= 0.6 is 11.3 Å². The predicted molar refractivity (Wildman–Crippen MR) is 112 cm³/mol. The van der Waals surface area contributed by atoms with Crippen molar-refractivity contribution >= 4 is 34.0 Å². The first-order chi connectivity index (χ1) is 14.0. The van der Waals surface area contributed by atoms with Crippen molar-refractivity contribution in [1.29, 1.82) is 0 Å². The fourth-order valence-corrected chi connectivity index (χ4v) is 3.26. The summed E-state index contributed by atoms with van der Waals surface area (Å²) < 4.78 is 18.3. The van der Waals surface area contributed by atoms with Crippen molar-refractivity contribution in [3.8, 4) is 17.0 Å². The molecule has 29 heavy (non-hydrogen) atoms. The Hall–Kier alpha value is -3.26. The fourth-order valence-electron chi connectivity index (χ4n) is 2.53. The monoisotopic (exact) mass is 413 g/mol. The molecule has 3 rings (SSSR count). The third kappa shape index (κ3) is 6.39. The summed E-state index contributed by atoms with van der Waals surface area (Å²) in [6.45, 7) is 1.82. The fraction of sp³-hybridized carbons (Fsp3) is 0.190. The molecule has 2 N–H and O–H groups in total. The Morgan fingerprint density at radius 2 is 1.79 bits per heavy atom. The van der Waals surface area contributed by atoms with E-state index >= 15 is 0 Å². The molecule has 0 fully saturated rings. The zero-order valence-electron chi connectivity index (χ0n) is 15.8. The van der Waals surface area contributed by atoms with Crippen LogP contribution < -0.4 is 15.4 Å². The van der Waals surface area contributed by atoms with Gasteiger partial charge in [-0.25, -0.2) is 9.37 Å². The third-order valence-corrected chi connectivity index (χ3v) is 4.64. The highest BCUT2D eigenvalue weighted by Crippen LogP contribution is 2.26. The number of benzene rings is 2. The van der Waals surface area contributed by atoms with E-state index in [2.05, 4.69) is 15.6 Å². The second-order valence-corrected chi connectivity index (χ2v) is 7.11. The summed E-state index contributed by atoms with van der Waals surface area (Å²) in [5, 5.41) is 7.88. The largest absolute Gasteiger partial charge is 0.494 e. The van der Waals surface area contributed by atoms with E-state index in [0.717, 1.165) is 11.3 Å². The number of thiazole rings is 1. The molecule has 6 nitrogen and oxygen atoms in total. The first-order valence-corrected chi connectivity index (χ1v) is 9.89. The van der Waals surface area contributed by atoms with Gasteiger partial charge in [0.2, 0.25) is 11.8 Å². The van der Waals surface area contributed by atoms with Crippen molar-refractivity contribution in [2.75, 3.05) is 17.2 Å². The molecular formula is C21H20FN3O3S. The van der Waals surface area contributed by atoms with Crippen LogP contribution in [0.2, 0.25) is 0 Å². The van der Waals surface area contributed by atoms with Crippen molar-refractivity contribution in [3.63, 3.8) is 0 Å². The molecule has 1 aromatic heterocycles. The molecule has 0 aliphatic heterocycles. The molecule has 0 saturated carbocycles. The molecule has 0 atom stereocenters. The first kappa shape index (κ1) is 20.5. The molecule has 0 bridgehead atoms. The molecular weight excluding hydrogens is 393 g/mol. The lowest BCUT2D eigenvalue weighted by Gasteiger charge is -2.06. The van der Waals surface area contributed by atoms with Gasteiger partial charge in [0, 0.05) is 30.0 Å². The number of rotatable bonds is 8. The maximum Gasteiger partial charge on any atom is 0.226 e. The summed E-state index contributed by atoms with van der Waals surface area (Å²) in [7, 11) is 0. The zero-order chi connectivity index (χ0) is 20.6. The van der Waals surface area contributed by atoms with Crippen LogP contribution in [-0.4, -0.2) is 23.4 Å². The van der Waals surface area contributed by atoms with Crippen LogP contribution in [-0.2, 0) is 9.59 Å². The Balaban J connectivity index is 1.44. The molecule has 2 aromatic carbocycles. The normalized spacial score (nSPS) is 10.4. The van der Waals surface area contributed by atoms with E-state index < -0.39 is 0 Å². The predicted octanol–water partition coefficient (Wildman–Crippen LogP) is 4.71.